The summed E-state index contributed by atoms with van der Waals surface area (Å²) in [6, 6.07) is 13.3. The third-order valence-corrected chi connectivity index (χ3v) is 3.28. The van der Waals surface area contributed by atoms with Gasteiger partial charge in [0.1, 0.15) is 5.54 Å². The SMILES string of the molecule is CC(C)(NC(=O)NCc1cccc2ccccc12)C(=O)O. The Morgan fingerprint density at radius 3 is 2.48 bits per heavy atom. The smallest absolute Gasteiger partial charge is 0.328 e. The summed E-state index contributed by atoms with van der Waals surface area (Å²) in [7, 11) is 0. The summed E-state index contributed by atoms with van der Waals surface area (Å²) in [5, 5.41) is 16.3. The first-order chi connectivity index (χ1) is 9.90. The monoisotopic (exact) mass is 286 g/mol. The lowest BCUT2D eigenvalue weighted by atomic mass is 10.0. The van der Waals surface area contributed by atoms with Crippen molar-refractivity contribution < 1.29 is 14.7 Å². The van der Waals surface area contributed by atoms with Gasteiger partial charge in [0, 0.05) is 6.54 Å². The van der Waals surface area contributed by atoms with Crippen LogP contribution in [0.3, 0.4) is 0 Å². The molecule has 0 aliphatic rings. The maximum Gasteiger partial charge on any atom is 0.328 e. The van der Waals surface area contributed by atoms with Crippen molar-refractivity contribution in [2.24, 2.45) is 0 Å². The first-order valence-electron chi connectivity index (χ1n) is 6.66. The molecule has 0 saturated heterocycles. The molecule has 21 heavy (non-hydrogen) atoms. The molecule has 0 fully saturated rings. The molecule has 3 N–H and O–H groups in total. The lowest BCUT2D eigenvalue weighted by Crippen LogP contribution is -2.52. The third kappa shape index (κ3) is 3.51. The zero-order valence-corrected chi connectivity index (χ0v) is 12.0. The zero-order chi connectivity index (χ0) is 15.5. The van der Waals surface area contributed by atoms with Crippen LogP contribution in [0.5, 0.6) is 0 Å². The van der Waals surface area contributed by atoms with Crippen LogP contribution in [0.1, 0.15) is 19.4 Å². The van der Waals surface area contributed by atoms with Gasteiger partial charge in [-0.3, -0.25) is 0 Å². The highest BCUT2D eigenvalue weighted by atomic mass is 16.4. The van der Waals surface area contributed by atoms with Gasteiger partial charge in [0.25, 0.3) is 0 Å². The number of carboxylic acids is 1. The summed E-state index contributed by atoms with van der Waals surface area (Å²) in [5.41, 5.74) is -0.320. The van der Waals surface area contributed by atoms with Gasteiger partial charge >= 0.3 is 12.0 Å². The molecule has 0 radical (unpaired) electrons. The van der Waals surface area contributed by atoms with E-state index in [1.807, 2.05) is 42.5 Å². The Labute approximate surface area is 123 Å². The predicted octanol–water partition coefficient (Wildman–Crippen LogP) is 2.50. The highest BCUT2D eigenvalue weighted by Crippen LogP contribution is 2.18. The van der Waals surface area contributed by atoms with Crippen LogP contribution in [0.15, 0.2) is 42.5 Å². The third-order valence-electron chi connectivity index (χ3n) is 3.28. The second kappa shape index (κ2) is 5.83. The van der Waals surface area contributed by atoms with Crippen molar-refractivity contribution in [1.29, 1.82) is 0 Å². The van der Waals surface area contributed by atoms with Crippen LogP contribution in [0.2, 0.25) is 0 Å². The minimum atomic E-state index is -1.30. The molecule has 0 saturated carbocycles. The van der Waals surface area contributed by atoms with Crippen LogP contribution in [-0.4, -0.2) is 22.6 Å². The van der Waals surface area contributed by atoms with E-state index < -0.39 is 17.5 Å². The quantitative estimate of drug-likeness (QED) is 0.808. The molecular weight excluding hydrogens is 268 g/mol. The van der Waals surface area contributed by atoms with Gasteiger partial charge in [0.15, 0.2) is 0 Å². The Hall–Kier alpha value is -2.56. The average Bonchev–Trinajstić information content (AvgIpc) is 2.44. The molecule has 0 unspecified atom stereocenters. The van der Waals surface area contributed by atoms with Crippen molar-refractivity contribution >= 4 is 22.8 Å². The van der Waals surface area contributed by atoms with E-state index in [4.69, 9.17) is 5.11 Å². The average molecular weight is 286 g/mol. The first-order valence-corrected chi connectivity index (χ1v) is 6.66. The number of hydrogen-bond acceptors (Lipinski definition) is 2. The lowest BCUT2D eigenvalue weighted by molar-refractivity contribution is -0.142. The highest BCUT2D eigenvalue weighted by molar-refractivity contribution is 5.87. The summed E-state index contributed by atoms with van der Waals surface area (Å²) in [6.07, 6.45) is 0. The van der Waals surface area contributed by atoms with Crippen LogP contribution in [0, 0.1) is 0 Å². The Bertz CT molecular complexity index is 675. The topological polar surface area (TPSA) is 78.4 Å². The number of carbonyl (C=O) groups excluding carboxylic acids is 1. The molecule has 2 aromatic carbocycles. The Kier molecular flexibility index (Phi) is 4.12. The first kappa shape index (κ1) is 14.8. The van der Waals surface area contributed by atoms with E-state index in [0.717, 1.165) is 16.3 Å². The minimum absolute atomic E-state index is 0.336. The van der Waals surface area contributed by atoms with E-state index in [1.165, 1.54) is 13.8 Å². The van der Waals surface area contributed by atoms with Gasteiger partial charge < -0.3 is 15.7 Å². The standard InChI is InChI=1S/C16H18N2O3/c1-16(2,14(19)20)18-15(21)17-10-12-8-5-7-11-6-3-4-9-13(11)12/h3-9H,10H2,1-2H3,(H,19,20)(H2,17,18,21). The number of fused-ring (bicyclic) bond motifs is 1. The fourth-order valence-corrected chi connectivity index (χ4v) is 2.00. The molecule has 0 aromatic heterocycles. The second-order valence-electron chi connectivity index (χ2n) is 5.38. The number of carbonyl (C=O) groups is 2. The highest BCUT2D eigenvalue weighted by Gasteiger charge is 2.28. The van der Waals surface area contributed by atoms with Crippen LogP contribution in [0.25, 0.3) is 10.8 Å². The summed E-state index contributed by atoms with van der Waals surface area (Å²) in [5.74, 6) is -1.08. The number of rotatable bonds is 4. The molecule has 0 aliphatic heterocycles. The number of benzene rings is 2. The summed E-state index contributed by atoms with van der Waals surface area (Å²) < 4.78 is 0. The fraction of sp³-hybridized carbons (Fsp3) is 0.250. The van der Waals surface area contributed by atoms with E-state index in [9.17, 15) is 9.59 Å². The fourth-order valence-electron chi connectivity index (χ4n) is 2.00. The summed E-state index contributed by atoms with van der Waals surface area (Å²) in [6.45, 7) is 3.21. The number of hydrogen-bond donors (Lipinski definition) is 3. The predicted molar refractivity (Wildman–Crippen MR) is 81.0 cm³/mol. The Balaban J connectivity index is 2.05. The van der Waals surface area contributed by atoms with E-state index >= 15 is 0 Å². The maximum absolute atomic E-state index is 11.8. The van der Waals surface area contributed by atoms with Crippen LogP contribution in [-0.2, 0) is 11.3 Å². The van der Waals surface area contributed by atoms with Crippen molar-refractivity contribution in [2.75, 3.05) is 0 Å². The van der Waals surface area contributed by atoms with Crippen LogP contribution < -0.4 is 10.6 Å². The largest absolute Gasteiger partial charge is 0.480 e. The number of urea groups is 1. The van der Waals surface area contributed by atoms with Gasteiger partial charge in [-0.2, -0.15) is 0 Å². The maximum atomic E-state index is 11.8. The minimum Gasteiger partial charge on any atom is -0.480 e. The molecule has 2 aromatic rings. The lowest BCUT2D eigenvalue weighted by Gasteiger charge is -2.21. The molecule has 2 rings (SSSR count). The Morgan fingerprint density at radius 2 is 1.76 bits per heavy atom. The van der Waals surface area contributed by atoms with Gasteiger partial charge in [0.05, 0.1) is 0 Å². The molecular formula is C16H18N2O3. The molecule has 110 valence electrons. The van der Waals surface area contributed by atoms with Gasteiger partial charge in [-0.1, -0.05) is 42.5 Å². The van der Waals surface area contributed by atoms with Crippen molar-refractivity contribution in [3.63, 3.8) is 0 Å². The van der Waals surface area contributed by atoms with E-state index in [2.05, 4.69) is 10.6 Å². The second-order valence-corrected chi connectivity index (χ2v) is 5.38. The number of aliphatic carboxylic acids is 1. The molecule has 0 bridgehead atoms. The van der Waals surface area contributed by atoms with Crippen molar-refractivity contribution in [3.8, 4) is 0 Å². The summed E-state index contributed by atoms with van der Waals surface area (Å²) in [4.78, 5) is 22.8. The van der Waals surface area contributed by atoms with E-state index in [0.29, 0.717) is 6.54 Å². The van der Waals surface area contributed by atoms with Crippen molar-refractivity contribution in [3.05, 3.63) is 48.0 Å². The molecule has 0 heterocycles. The van der Waals surface area contributed by atoms with Crippen LogP contribution >= 0.6 is 0 Å². The molecule has 0 atom stereocenters. The van der Waals surface area contributed by atoms with Crippen LogP contribution in [0.4, 0.5) is 4.79 Å². The number of amides is 2. The van der Waals surface area contributed by atoms with Gasteiger partial charge in [0.2, 0.25) is 0 Å². The van der Waals surface area contributed by atoms with Crippen molar-refractivity contribution in [2.45, 2.75) is 25.9 Å². The Morgan fingerprint density at radius 1 is 1.10 bits per heavy atom. The normalized spacial score (nSPS) is 11.1. The molecule has 5 heteroatoms. The van der Waals surface area contributed by atoms with Gasteiger partial charge in [-0.05, 0) is 30.2 Å². The van der Waals surface area contributed by atoms with E-state index in [-0.39, 0.29) is 0 Å². The van der Waals surface area contributed by atoms with Gasteiger partial charge in [-0.15, -0.1) is 0 Å². The molecule has 0 spiro atoms. The van der Waals surface area contributed by atoms with Gasteiger partial charge in [-0.25, -0.2) is 9.59 Å². The summed E-state index contributed by atoms with van der Waals surface area (Å²) >= 11 is 0. The molecule has 5 nitrogen and oxygen atoms in total. The molecule has 2 amide bonds. The number of carboxylic acid groups (broad SMARTS) is 1. The zero-order valence-electron chi connectivity index (χ0n) is 12.0. The van der Waals surface area contributed by atoms with E-state index in [1.54, 1.807) is 0 Å². The number of nitrogens with one attached hydrogen (secondary N) is 2. The van der Waals surface area contributed by atoms with Crippen molar-refractivity contribution in [1.82, 2.24) is 10.6 Å². The molecule has 0 aliphatic carbocycles.